The summed E-state index contributed by atoms with van der Waals surface area (Å²) in [7, 11) is 0. The van der Waals surface area contributed by atoms with Crippen molar-refractivity contribution in [3.63, 3.8) is 0 Å². The highest BCUT2D eigenvalue weighted by molar-refractivity contribution is 5.29. The normalized spacial score (nSPS) is 17.9. The molecule has 0 saturated carbocycles. The van der Waals surface area contributed by atoms with Crippen molar-refractivity contribution in [1.82, 2.24) is 20.2 Å². The van der Waals surface area contributed by atoms with Crippen molar-refractivity contribution in [2.75, 3.05) is 44.2 Å². The van der Waals surface area contributed by atoms with Crippen LogP contribution in [0.2, 0.25) is 0 Å². The van der Waals surface area contributed by atoms with Crippen LogP contribution in [0.25, 0.3) is 0 Å². The number of rotatable bonds is 8. The van der Waals surface area contributed by atoms with Crippen LogP contribution in [0.1, 0.15) is 33.6 Å². The molecule has 0 bridgehead atoms. The summed E-state index contributed by atoms with van der Waals surface area (Å²) in [5.41, 5.74) is 0. The average Bonchev–Trinajstić information content (AvgIpc) is 2.54. The summed E-state index contributed by atoms with van der Waals surface area (Å²) < 4.78 is 0. The molecule has 1 aliphatic heterocycles. The summed E-state index contributed by atoms with van der Waals surface area (Å²) in [5, 5.41) is 3.65. The lowest BCUT2D eigenvalue weighted by Crippen LogP contribution is -2.49. The van der Waals surface area contributed by atoms with Crippen LogP contribution in [0, 0.1) is 5.92 Å². The number of hydrogen-bond acceptors (Lipinski definition) is 5. The number of piperazine rings is 1. The topological polar surface area (TPSA) is 44.3 Å². The van der Waals surface area contributed by atoms with Crippen LogP contribution in [0.15, 0.2) is 18.5 Å². The fraction of sp³-hybridized carbons (Fsp3) is 0.765. The second kappa shape index (κ2) is 9.06. The molecule has 1 aliphatic rings. The molecule has 1 unspecified atom stereocenters. The molecule has 1 saturated heterocycles. The Kier molecular flexibility index (Phi) is 7.06. The van der Waals surface area contributed by atoms with E-state index in [-0.39, 0.29) is 0 Å². The van der Waals surface area contributed by atoms with Gasteiger partial charge in [0.05, 0.1) is 0 Å². The van der Waals surface area contributed by atoms with Crippen molar-refractivity contribution in [3.8, 4) is 0 Å². The summed E-state index contributed by atoms with van der Waals surface area (Å²) in [4.78, 5) is 13.5. The van der Waals surface area contributed by atoms with Gasteiger partial charge in [0, 0.05) is 57.7 Å². The smallest absolute Gasteiger partial charge is 0.225 e. The lowest BCUT2D eigenvalue weighted by Gasteiger charge is -2.34. The number of hydrogen-bond donors (Lipinski definition) is 1. The van der Waals surface area contributed by atoms with Gasteiger partial charge in [-0.3, -0.25) is 4.90 Å². The molecule has 5 heteroatoms. The molecule has 2 heterocycles. The first-order chi connectivity index (χ1) is 10.6. The van der Waals surface area contributed by atoms with E-state index in [0.29, 0.717) is 6.04 Å². The van der Waals surface area contributed by atoms with Crippen molar-refractivity contribution in [3.05, 3.63) is 18.5 Å². The Labute approximate surface area is 135 Å². The molecule has 1 aromatic rings. The monoisotopic (exact) mass is 305 g/mol. The highest BCUT2D eigenvalue weighted by Crippen LogP contribution is 2.09. The van der Waals surface area contributed by atoms with Crippen LogP contribution < -0.4 is 10.2 Å². The van der Waals surface area contributed by atoms with Crippen molar-refractivity contribution in [2.24, 2.45) is 5.92 Å². The number of aromatic nitrogens is 2. The SMILES string of the molecule is CC(C)CCC(C)NCCN1CCN(c2ncccn2)CC1. The average molecular weight is 305 g/mol. The molecule has 1 atom stereocenters. The first-order valence-corrected chi connectivity index (χ1v) is 8.63. The van der Waals surface area contributed by atoms with Crippen molar-refractivity contribution in [1.29, 1.82) is 0 Å². The van der Waals surface area contributed by atoms with Gasteiger partial charge in [-0.15, -0.1) is 0 Å². The maximum atomic E-state index is 4.33. The third-order valence-electron chi connectivity index (χ3n) is 4.31. The first-order valence-electron chi connectivity index (χ1n) is 8.63. The van der Waals surface area contributed by atoms with Gasteiger partial charge in [-0.2, -0.15) is 0 Å². The number of nitrogens with one attached hydrogen (secondary N) is 1. The molecular formula is C17H31N5. The molecule has 124 valence electrons. The molecule has 5 nitrogen and oxygen atoms in total. The van der Waals surface area contributed by atoms with Crippen molar-refractivity contribution < 1.29 is 0 Å². The van der Waals surface area contributed by atoms with E-state index in [1.165, 1.54) is 12.8 Å². The van der Waals surface area contributed by atoms with Gasteiger partial charge >= 0.3 is 0 Å². The van der Waals surface area contributed by atoms with Crippen LogP contribution in [-0.4, -0.2) is 60.2 Å². The Bertz CT molecular complexity index is 401. The summed E-state index contributed by atoms with van der Waals surface area (Å²) in [6, 6.07) is 2.49. The zero-order valence-electron chi connectivity index (χ0n) is 14.3. The van der Waals surface area contributed by atoms with Crippen LogP contribution in [0.4, 0.5) is 5.95 Å². The molecule has 2 rings (SSSR count). The van der Waals surface area contributed by atoms with Crippen LogP contribution in [0.3, 0.4) is 0 Å². The van der Waals surface area contributed by atoms with E-state index < -0.39 is 0 Å². The van der Waals surface area contributed by atoms with Crippen LogP contribution >= 0.6 is 0 Å². The molecule has 1 aromatic heterocycles. The third-order valence-corrected chi connectivity index (χ3v) is 4.31. The zero-order valence-corrected chi connectivity index (χ0v) is 14.3. The highest BCUT2D eigenvalue weighted by Gasteiger charge is 2.18. The number of nitrogens with zero attached hydrogens (tertiary/aromatic N) is 4. The van der Waals surface area contributed by atoms with Gasteiger partial charge in [-0.25, -0.2) is 9.97 Å². The van der Waals surface area contributed by atoms with Crippen LogP contribution in [-0.2, 0) is 0 Å². The first kappa shape index (κ1) is 17.2. The summed E-state index contributed by atoms with van der Waals surface area (Å²) in [5.74, 6) is 1.67. The van der Waals surface area contributed by atoms with Crippen molar-refractivity contribution >= 4 is 5.95 Å². The molecule has 1 N–H and O–H groups in total. The fourth-order valence-electron chi connectivity index (χ4n) is 2.78. The Hall–Kier alpha value is -1.20. The fourth-order valence-corrected chi connectivity index (χ4v) is 2.78. The Morgan fingerprint density at radius 3 is 2.36 bits per heavy atom. The van der Waals surface area contributed by atoms with Gasteiger partial charge in [0.1, 0.15) is 0 Å². The van der Waals surface area contributed by atoms with E-state index in [0.717, 1.165) is 51.1 Å². The second-order valence-corrected chi connectivity index (χ2v) is 6.70. The largest absolute Gasteiger partial charge is 0.338 e. The van der Waals surface area contributed by atoms with E-state index in [1.54, 1.807) is 0 Å². The molecule has 0 aromatic carbocycles. The minimum Gasteiger partial charge on any atom is -0.338 e. The number of anilines is 1. The maximum Gasteiger partial charge on any atom is 0.225 e. The lowest BCUT2D eigenvalue weighted by molar-refractivity contribution is 0.252. The van der Waals surface area contributed by atoms with E-state index in [4.69, 9.17) is 0 Å². The van der Waals surface area contributed by atoms with Gasteiger partial charge in [0.2, 0.25) is 5.95 Å². The predicted octanol–water partition coefficient (Wildman–Crippen LogP) is 2.01. The molecule has 0 amide bonds. The van der Waals surface area contributed by atoms with Gasteiger partial charge in [-0.1, -0.05) is 13.8 Å². The molecule has 22 heavy (non-hydrogen) atoms. The lowest BCUT2D eigenvalue weighted by atomic mass is 10.0. The Morgan fingerprint density at radius 2 is 1.73 bits per heavy atom. The Morgan fingerprint density at radius 1 is 1.05 bits per heavy atom. The van der Waals surface area contributed by atoms with Crippen molar-refractivity contribution in [2.45, 2.75) is 39.7 Å². The maximum absolute atomic E-state index is 4.33. The summed E-state index contributed by atoms with van der Waals surface area (Å²) >= 11 is 0. The summed E-state index contributed by atoms with van der Waals surface area (Å²) in [6.07, 6.45) is 6.22. The van der Waals surface area contributed by atoms with Gasteiger partial charge in [0.15, 0.2) is 0 Å². The highest BCUT2D eigenvalue weighted by atomic mass is 15.3. The van der Waals surface area contributed by atoms with E-state index in [1.807, 2.05) is 18.5 Å². The zero-order chi connectivity index (χ0) is 15.8. The quantitative estimate of drug-likeness (QED) is 0.796. The molecular weight excluding hydrogens is 274 g/mol. The van der Waals surface area contributed by atoms with Gasteiger partial charge in [0.25, 0.3) is 0 Å². The second-order valence-electron chi connectivity index (χ2n) is 6.70. The molecule has 0 aliphatic carbocycles. The van der Waals surface area contributed by atoms with Gasteiger partial charge < -0.3 is 10.2 Å². The summed E-state index contributed by atoms with van der Waals surface area (Å²) in [6.45, 7) is 13.3. The molecule has 1 fully saturated rings. The molecule has 0 radical (unpaired) electrons. The van der Waals surface area contributed by atoms with E-state index >= 15 is 0 Å². The molecule has 0 spiro atoms. The minimum atomic E-state index is 0.626. The van der Waals surface area contributed by atoms with Gasteiger partial charge in [-0.05, 0) is 31.7 Å². The minimum absolute atomic E-state index is 0.626. The third kappa shape index (κ3) is 5.89. The van der Waals surface area contributed by atoms with E-state index in [2.05, 4.69) is 45.9 Å². The standard InChI is InChI=1S/C17H31N5/c1-15(2)5-6-16(3)18-9-10-21-11-13-22(14-12-21)17-19-7-4-8-20-17/h4,7-8,15-16,18H,5-6,9-14H2,1-3H3. The van der Waals surface area contributed by atoms with E-state index in [9.17, 15) is 0 Å². The van der Waals surface area contributed by atoms with Crippen LogP contribution in [0.5, 0.6) is 0 Å². The Balaban J connectivity index is 1.60. The predicted molar refractivity (Wildman–Crippen MR) is 92.2 cm³/mol.